The summed E-state index contributed by atoms with van der Waals surface area (Å²) in [6.45, 7) is 2.32. The van der Waals surface area contributed by atoms with Crippen molar-refractivity contribution >= 4 is 23.2 Å². The third kappa shape index (κ3) is 4.51. The van der Waals surface area contributed by atoms with E-state index in [2.05, 4.69) is 17.4 Å². The van der Waals surface area contributed by atoms with Gasteiger partial charge in [0.2, 0.25) is 5.91 Å². The first kappa shape index (κ1) is 19.7. The van der Waals surface area contributed by atoms with Gasteiger partial charge in [-0.2, -0.15) is 0 Å². The van der Waals surface area contributed by atoms with Crippen LogP contribution in [-0.4, -0.2) is 24.5 Å². The second-order valence-electron chi connectivity index (χ2n) is 7.38. The van der Waals surface area contributed by atoms with E-state index in [1.54, 1.807) is 17.9 Å². The molecule has 1 atom stereocenters. The van der Waals surface area contributed by atoms with Crippen LogP contribution in [0.15, 0.2) is 78.9 Å². The predicted molar refractivity (Wildman–Crippen MR) is 118 cm³/mol. The van der Waals surface area contributed by atoms with Gasteiger partial charge in [0.05, 0.1) is 12.1 Å². The number of anilines is 2. The van der Waals surface area contributed by atoms with Crippen molar-refractivity contribution in [1.82, 2.24) is 0 Å². The third-order valence-electron chi connectivity index (χ3n) is 5.13. The van der Waals surface area contributed by atoms with Crippen molar-refractivity contribution < 1.29 is 14.3 Å². The maximum atomic E-state index is 12.7. The molecule has 0 bridgehead atoms. The van der Waals surface area contributed by atoms with Crippen molar-refractivity contribution in [1.29, 1.82) is 0 Å². The summed E-state index contributed by atoms with van der Waals surface area (Å²) in [5.41, 5.74) is 3.51. The molecule has 5 heteroatoms. The molecular weight excluding hydrogens is 376 g/mol. The first-order valence-corrected chi connectivity index (χ1v) is 10.1. The zero-order valence-electron chi connectivity index (χ0n) is 16.9. The van der Waals surface area contributed by atoms with Gasteiger partial charge < -0.3 is 15.0 Å². The minimum Gasteiger partial charge on any atom is -0.479 e. The topological polar surface area (TPSA) is 58.6 Å². The minimum atomic E-state index is -0.566. The fourth-order valence-electron chi connectivity index (χ4n) is 3.59. The molecule has 1 aliphatic heterocycles. The van der Waals surface area contributed by atoms with E-state index < -0.39 is 6.10 Å². The third-order valence-corrected chi connectivity index (χ3v) is 5.13. The molecule has 0 aliphatic carbocycles. The Morgan fingerprint density at radius 3 is 2.33 bits per heavy atom. The average Bonchev–Trinajstić information content (AvgIpc) is 2.75. The van der Waals surface area contributed by atoms with Crippen LogP contribution in [0, 0.1) is 0 Å². The lowest BCUT2D eigenvalue weighted by molar-refractivity contribution is -0.125. The van der Waals surface area contributed by atoms with Gasteiger partial charge >= 0.3 is 0 Å². The summed E-state index contributed by atoms with van der Waals surface area (Å²) in [4.78, 5) is 26.8. The zero-order chi connectivity index (χ0) is 20.9. The van der Waals surface area contributed by atoms with Gasteiger partial charge in [-0.15, -0.1) is 0 Å². The molecule has 0 radical (unpaired) electrons. The molecule has 152 valence electrons. The number of nitrogens with zero attached hydrogens (tertiary/aromatic N) is 1. The summed E-state index contributed by atoms with van der Waals surface area (Å²) in [6, 6.07) is 25.1. The number of benzene rings is 3. The lowest BCUT2D eigenvalue weighted by Gasteiger charge is -2.33. The van der Waals surface area contributed by atoms with Gasteiger partial charge in [-0.3, -0.25) is 9.59 Å². The summed E-state index contributed by atoms with van der Waals surface area (Å²) in [5, 5.41) is 2.92. The quantitative estimate of drug-likeness (QED) is 0.674. The molecule has 1 N–H and O–H groups in total. The van der Waals surface area contributed by atoms with Gasteiger partial charge in [-0.1, -0.05) is 60.7 Å². The van der Waals surface area contributed by atoms with Crippen LogP contribution in [0.1, 0.15) is 18.1 Å². The number of rotatable bonds is 6. The smallest absolute Gasteiger partial charge is 0.267 e. The minimum absolute atomic E-state index is 0.0562. The number of carbonyl (C=O) groups is 2. The van der Waals surface area contributed by atoms with Crippen molar-refractivity contribution in [2.75, 3.05) is 16.8 Å². The molecule has 2 amide bonds. The molecule has 5 nitrogen and oxygen atoms in total. The molecule has 1 heterocycles. The number of ether oxygens (including phenoxy) is 1. The normalized spacial score (nSPS) is 15.3. The first-order valence-electron chi connectivity index (χ1n) is 10.1. The largest absolute Gasteiger partial charge is 0.479 e. The maximum Gasteiger partial charge on any atom is 0.267 e. The van der Waals surface area contributed by atoms with E-state index in [0.717, 1.165) is 17.7 Å². The Kier molecular flexibility index (Phi) is 5.80. The van der Waals surface area contributed by atoms with Gasteiger partial charge in [-0.25, -0.2) is 0 Å². The van der Waals surface area contributed by atoms with Crippen LogP contribution in [0.5, 0.6) is 5.75 Å². The SMILES string of the molecule is CC1Oc2cc(NC(=O)Cc3ccccc3)ccc2N(CCc2ccccc2)C1=O. The van der Waals surface area contributed by atoms with Crippen molar-refractivity contribution in [3.8, 4) is 5.75 Å². The second kappa shape index (κ2) is 8.82. The summed E-state index contributed by atoms with van der Waals surface area (Å²) in [5.74, 6) is 0.453. The van der Waals surface area contributed by atoms with Gasteiger partial charge in [-0.05, 0) is 36.6 Å². The van der Waals surface area contributed by atoms with Gasteiger partial charge in [0.1, 0.15) is 5.75 Å². The Bertz CT molecular complexity index is 1030. The molecule has 0 saturated heterocycles. The molecule has 0 fully saturated rings. The summed E-state index contributed by atoms with van der Waals surface area (Å²) in [7, 11) is 0. The summed E-state index contributed by atoms with van der Waals surface area (Å²) in [6.07, 6.45) is 0.495. The maximum absolute atomic E-state index is 12.7. The van der Waals surface area contributed by atoms with Crippen molar-refractivity contribution in [3.05, 3.63) is 90.0 Å². The van der Waals surface area contributed by atoms with Gasteiger partial charge in [0.25, 0.3) is 5.91 Å². The fraction of sp³-hybridized carbons (Fsp3) is 0.200. The molecule has 3 aromatic carbocycles. The highest BCUT2D eigenvalue weighted by molar-refractivity contribution is 6.00. The lowest BCUT2D eigenvalue weighted by atomic mass is 10.1. The van der Waals surface area contributed by atoms with E-state index in [0.29, 0.717) is 24.4 Å². The number of nitrogens with one attached hydrogen (secondary N) is 1. The van der Waals surface area contributed by atoms with Crippen molar-refractivity contribution in [2.24, 2.45) is 0 Å². The molecule has 30 heavy (non-hydrogen) atoms. The number of hydrogen-bond acceptors (Lipinski definition) is 3. The molecule has 1 aliphatic rings. The van der Waals surface area contributed by atoms with E-state index in [9.17, 15) is 9.59 Å². The number of carbonyl (C=O) groups excluding carboxylic acids is 2. The molecule has 3 aromatic rings. The van der Waals surface area contributed by atoms with Crippen LogP contribution in [0.2, 0.25) is 0 Å². The molecule has 0 spiro atoms. The molecule has 0 saturated carbocycles. The van der Waals surface area contributed by atoms with E-state index in [4.69, 9.17) is 4.74 Å². The Balaban J connectivity index is 1.48. The number of fused-ring (bicyclic) bond motifs is 1. The van der Waals surface area contributed by atoms with Crippen LogP contribution in [-0.2, 0) is 22.4 Å². The highest BCUT2D eigenvalue weighted by Gasteiger charge is 2.31. The fourth-order valence-corrected chi connectivity index (χ4v) is 3.59. The number of hydrogen-bond donors (Lipinski definition) is 1. The van der Waals surface area contributed by atoms with E-state index >= 15 is 0 Å². The van der Waals surface area contributed by atoms with Crippen LogP contribution >= 0.6 is 0 Å². The van der Waals surface area contributed by atoms with E-state index in [1.807, 2.05) is 60.7 Å². The second-order valence-corrected chi connectivity index (χ2v) is 7.38. The lowest BCUT2D eigenvalue weighted by Crippen LogP contribution is -2.45. The monoisotopic (exact) mass is 400 g/mol. The van der Waals surface area contributed by atoms with Crippen LogP contribution in [0.4, 0.5) is 11.4 Å². The average molecular weight is 400 g/mol. The predicted octanol–water partition coefficient (Wildman–Crippen LogP) is 4.22. The van der Waals surface area contributed by atoms with Crippen molar-refractivity contribution in [2.45, 2.75) is 25.9 Å². The van der Waals surface area contributed by atoms with Crippen LogP contribution in [0.25, 0.3) is 0 Å². The summed E-state index contributed by atoms with van der Waals surface area (Å²) >= 11 is 0. The highest BCUT2D eigenvalue weighted by Crippen LogP contribution is 2.36. The summed E-state index contributed by atoms with van der Waals surface area (Å²) < 4.78 is 5.82. The van der Waals surface area contributed by atoms with E-state index in [1.165, 1.54) is 5.56 Å². The first-order chi connectivity index (χ1) is 14.6. The highest BCUT2D eigenvalue weighted by atomic mass is 16.5. The standard InChI is InChI=1S/C25H24N2O3/c1-18-25(29)27(15-14-19-8-4-2-5-9-19)22-13-12-21(17-23(22)30-18)26-24(28)16-20-10-6-3-7-11-20/h2-13,17-18H,14-16H2,1H3,(H,26,28). The molecule has 4 rings (SSSR count). The number of amides is 2. The van der Waals surface area contributed by atoms with E-state index in [-0.39, 0.29) is 11.8 Å². The Labute approximate surface area is 176 Å². The molecule has 0 aromatic heterocycles. The Hall–Kier alpha value is -3.60. The molecule has 1 unspecified atom stereocenters. The van der Waals surface area contributed by atoms with Gasteiger partial charge in [0.15, 0.2) is 6.10 Å². The zero-order valence-corrected chi connectivity index (χ0v) is 16.9. The Morgan fingerprint density at radius 2 is 1.63 bits per heavy atom. The van der Waals surface area contributed by atoms with Crippen LogP contribution < -0.4 is 15.0 Å². The van der Waals surface area contributed by atoms with Crippen molar-refractivity contribution in [3.63, 3.8) is 0 Å². The Morgan fingerprint density at radius 1 is 0.967 bits per heavy atom. The van der Waals surface area contributed by atoms with Gasteiger partial charge in [0, 0.05) is 18.3 Å². The molecular formula is C25H24N2O3. The van der Waals surface area contributed by atoms with Crippen LogP contribution in [0.3, 0.4) is 0 Å².